The highest BCUT2D eigenvalue weighted by atomic mass is 35.5. The summed E-state index contributed by atoms with van der Waals surface area (Å²) in [5, 5.41) is 16.1. The van der Waals surface area contributed by atoms with E-state index in [4.69, 9.17) is 16.7 Å². The number of anilines is 1. The Balaban J connectivity index is 2.37. The number of hydrogen-bond donors (Lipinski definition) is 2. The highest BCUT2D eigenvalue weighted by molar-refractivity contribution is 6.32. The van der Waals surface area contributed by atoms with Crippen LogP contribution in [-0.2, 0) is 6.54 Å². The third-order valence-electron chi connectivity index (χ3n) is 3.14. The predicted octanol–water partition coefficient (Wildman–Crippen LogP) is 2.66. The number of unbranched alkanes of at least 4 members (excludes halogenated alkanes) is 5. The van der Waals surface area contributed by atoms with Crippen LogP contribution in [0, 0.1) is 0 Å². The molecule has 6 heteroatoms. The molecule has 0 saturated heterocycles. The molecule has 0 atom stereocenters. The Labute approximate surface area is 125 Å². The normalized spacial score (nSPS) is 10.8. The molecule has 1 aromatic rings. The number of hydrogen-bond acceptors (Lipinski definition) is 4. The smallest absolute Gasteiger partial charge is 0.287 e. The first-order chi connectivity index (χ1) is 9.70. The Kier molecular flexibility index (Phi) is 8.30. The minimum absolute atomic E-state index is 0.131. The van der Waals surface area contributed by atoms with Gasteiger partial charge in [-0.15, -0.1) is 0 Å². The molecule has 0 fully saturated rings. The monoisotopic (exact) mass is 301 g/mol. The Hall–Kier alpha value is -1.07. The van der Waals surface area contributed by atoms with Gasteiger partial charge in [0, 0.05) is 6.54 Å². The fourth-order valence-corrected chi connectivity index (χ4v) is 2.18. The van der Waals surface area contributed by atoms with Gasteiger partial charge in [-0.25, -0.2) is 4.68 Å². The Bertz CT molecular complexity index is 449. The van der Waals surface area contributed by atoms with E-state index in [1.54, 1.807) is 0 Å². The van der Waals surface area contributed by atoms with Crippen LogP contribution < -0.4 is 10.9 Å². The van der Waals surface area contributed by atoms with Crippen LogP contribution in [0.3, 0.4) is 0 Å². The van der Waals surface area contributed by atoms with Gasteiger partial charge in [-0.05, 0) is 6.42 Å². The van der Waals surface area contributed by atoms with Crippen molar-refractivity contribution in [3.63, 3.8) is 0 Å². The molecule has 0 unspecified atom stereocenters. The van der Waals surface area contributed by atoms with Crippen molar-refractivity contribution in [2.24, 2.45) is 0 Å². The first-order valence-electron chi connectivity index (χ1n) is 7.31. The molecule has 1 aromatic heterocycles. The van der Waals surface area contributed by atoms with E-state index in [9.17, 15) is 4.79 Å². The average molecular weight is 302 g/mol. The van der Waals surface area contributed by atoms with E-state index >= 15 is 0 Å². The lowest BCUT2D eigenvalue weighted by Crippen LogP contribution is -2.25. The summed E-state index contributed by atoms with van der Waals surface area (Å²) in [7, 11) is 0. The van der Waals surface area contributed by atoms with Gasteiger partial charge in [0.1, 0.15) is 5.02 Å². The zero-order valence-corrected chi connectivity index (χ0v) is 12.8. The molecule has 1 rings (SSSR count). The maximum Gasteiger partial charge on any atom is 0.287 e. The molecule has 20 heavy (non-hydrogen) atoms. The first-order valence-corrected chi connectivity index (χ1v) is 7.68. The zero-order valence-electron chi connectivity index (χ0n) is 12.1. The number of aliphatic hydroxyl groups is 1. The Morgan fingerprint density at radius 1 is 1.30 bits per heavy atom. The lowest BCUT2D eigenvalue weighted by Gasteiger charge is -2.09. The van der Waals surface area contributed by atoms with Crippen LogP contribution in [0.4, 0.5) is 5.69 Å². The summed E-state index contributed by atoms with van der Waals surface area (Å²) >= 11 is 6.00. The molecule has 5 nitrogen and oxygen atoms in total. The fourth-order valence-electron chi connectivity index (χ4n) is 1.97. The molecular weight excluding hydrogens is 278 g/mol. The zero-order chi connectivity index (χ0) is 14.8. The number of halogens is 1. The van der Waals surface area contributed by atoms with Gasteiger partial charge in [-0.3, -0.25) is 4.79 Å². The maximum absolute atomic E-state index is 11.8. The minimum Gasteiger partial charge on any atom is -0.394 e. The number of nitrogens with zero attached hydrogens (tertiary/aromatic N) is 2. The number of aliphatic hydroxyl groups excluding tert-OH is 1. The summed E-state index contributed by atoms with van der Waals surface area (Å²) in [6, 6.07) is 0. The summed E-state index contributed by atoms with van der Waals surface area (Å²) in [5.74, 6) is 0. The van der Waals surface area contributed by atoms with Crippen LogP contribution in [0.1, 0.15) is 45.4 Å². The third-order valence-corrected chi connectivity index (χ3v) is 3.51. The van der Waals surface area contributed by atoms with Crippen molar-refractivity contribution in [2.75, 3.05) is 18.5 Å². The van der Waals surface area contributed by atoms with Gasteiger partial charge in [0.25, 0.3) is 5.56 Å². The van der Waals surface area contributed by atoms with E-state index in [-0.39, 0.29) is 23.7 Å². The highest BCUT2D eigenvalue weighted by Gasteiger charge is 2.08. The largest absolute Gasteiger partial charge is 0.394 e. The van der Waals surface area contributed by atoms with Crippen LogP contribution in [0.15, 0.2) is 11.0 Å². The Morgan fingerprint density at radius 3 is 2.70 bits per heavy atom. The number of rotatable bonds is 10. The fraction of sp³-hybridized carbons (Fsp3) is 0.714. The summed E-state index contributed by atoms with van der Waals surface area (Å²) in [4.78, 5) is 11.8. The summed E-state index contributed by atoms with van der Waals surface area (Å²) < 4.78 is 1.16. The van der Waals surface area contributed by atoms with E-state index in [2.05, 4.69) is 17.3 Å². The highest BCUT2D eigenvalue weighted by Crippen LogP contribution is 2.15. The number of nitrogens with one attached hydrogen (secondary N) is 1. The second kappa shape index (κ2) is 9.77. The van der Waals surface area contributed by atoms with E-state index in [0.29, 0.717) is 5.69 Å². The topological polar surface area (TPSA) is 67.2 Å². The van der Waals surface area contributed by atoms with E-state index in [1.807, 2.05) is 0 Å². The third kappa shape index (κ3) is 5.51. The van der Waals surface area contributed by atoms with Crippen molar-refractivity contribution in [3.8, 4) is 0 Å². The standard InChI is InChI=1S/C14H24ClN3O2/c1-2-3-4-5-6-7-8-16-12-11-17-18(9-10-19)14(20)13(12)15/h11,16,19H,2-10H2,1H3. The lowest BCUT2D eigenvalue weighted by atomic mass is 10.1. The van der Waals surface area contributed by atoms with Crippen molar-refractivity contribution in [2.45, 2.75) is 52.0 Å². The van der Waals surface area contributed by atoms with Gasteiger partial charge in [-0.1, -0.05) is 50.6 Å². The molecule has 0 radical (unpaired) electrons. The van der Waals surface area contributed by atoms with Crippen LogP contribution in [0.5, 0.6) is 0 Å². The van der Waals surface area contributed by atoms with Crippen molar-refractivity contribution in [1.29, 1.82) is 0 Å². The van der Waals surface area contributed by atoms with Crippen molar-refractivity contribution in [1.82, 2.24) is 9.78 Å². The van der Waals surface area contributed by atoms with Crippen LogP contribution >= 0.6 is 11.6 Å². The molecule has 0 spiro atoms. The minimum atomic E-state index is -0.367. The van der Waals surface area contributed by atoms with Gasteiger partial charge in [0.2, 0.25) is 0 Å². The molecule has 1 heterocycles. The molecule has 0 aliphatic heterocycles. The summed E-state index contributed by atoms with van der Waals surface area (Å²) in [6.45, 7) is 3.02. The molecule has 0 saturated carbocycles. The van der Waals surface area contributed by atoms with Gasteiger partial charge in [0.15, 0.2) is 0 Å². The summed E-state index contributed by atoms with van der Waals surface area (Å²) in [6.07, 6.45) is 8.86. The van der Waals surface area contributed by atoms with Crippen LogP contribution in [0.2, 0.25) is 5.02 Å². The molecule has 0 bridgehead atoms. The van der Waals surface area contributed by atoms with Crippen molar-refractivity contribution >= 4 is 17.3 Å². The molecule has 0 aliphatic carbocycles. The van der Waals surface area contributed by atoms with Crippen molar-refractivity contribution in [3.05, 3.63) is 21.6 Å². The first kappa shape index (κ1) is 17.0. The van der Waals surface area contributed by atoms with E-state index in [0.717, 1.165) is 17.6 Å². The van der Waals surface area contributed by atoms with Crippen LogP contribution in [0.25, 0.3) is 0 Å². The predicted molar refractivity (Wildman–Crippen MR) is 82.5 cm³/mol. The lowest BCUT2D eigenvalue weighted by molar-refractivity contribution is 0.266. The van der Waals surface area contributed by atoms with E-state index < -0.39 is 0 Å². The van der Waals surface area contributed by atoms with E-state index in [1.165, 1.54) is 38.3 Å². The number of aromatic nitrogens is 2. The summed E-state index contributed by atoms with van der Waals surface area (Å²) in [5.41, 5.74) is 0.202. The average Bonchev–Trinajstić information content (AvgIpc) is 2.45. The second-order valence-electron chi connectivity index (χ2n) is 4.82. The van der Waals surface area contributed by atoms with Gasteiger partial charge >= 0.3 is 0 Å². The van der Waals surface area contributed by atoms with Gasteiger partial charge in [0.05, 0.1) is 25.0 Å². The molecule has 0 aromatic carbocycles. The SMILES string of the molecule is CCCCCCCCNc1cnn(CCO)c(=O)c1Cl. The molecule has 0 amide bonds. The van der Waals surface area contributed by atoms with Gasteiger partial charge < -0.3 is 10.4 Å². The Morgan fingerprint density at radius 2 is 2.00 bits per heavy atom. The molecule has 114 valence electrons. The molecular formula is C14H24ClN3O2. The van der Waals surface area contributed by atoms with Crippen molar-refractivity contribution < 1.29 is 5.11 Å². The maximum atomic E-state index is 11.8. The van der Waals surface area contributed by atoms with Crippen LogP contribution in [-0.4, -0.2) is 28.0 Å². The molecule has 2 N–H and O–H groups in total. The quantitative estimate of drug-likeness (QED) is 0.652. The molecule has 0 aliphatic rings. The van der Waals surface area contributed by atoms with Gasteiger partial charge in [-0.2, -0.15) is 5.10 Å². The second-order valence-corrected chi connectivity index (χ2v) is 5.20.